The Hall–Kier alpha value is -2.31. The summed E-state index contributed by atoms with van der Waals surface area (Å²) < 4.78 is 26.1. The van der Waals surface area contributed by atoms with Crippen LogP contribution in [-0.4, -0.2) is 20.9 Å². The van der Waals surface area contributed by atoms with Crippen LogP contribution >= 0.6 is 11.6 Å². The number of rotatable bonds is 4. The lowest BCUT2D eigenvalue weighted by Crippen LogP contribution is -2.30. The fourth-order valence-electron chi connectivity index (χ4n) is 3.49. The molecule has 0 fully saturated rings. The van der Waals surface area contributed by atoms with Crippen LogP contribution in [0.1, 0.15) is 24.5 Å². The van der Waals surface area contributed by atoms with Crippen molar-refractivity contribution >= 4 is 44.9 Å². The van der Waals surface area contributed by atoms with Crippen LogP contribution in [0.15, 0.2) is 47.4 Å². The third-order valence-corrected chi connectivity index (χ3v) is 6.65. The van der Waals surface area contributed by atoms with Crippen molar-refractivity contribution in [3.05, 3.63) is 64.6 Å². The van der Waals surface area contributed by atoms with Gasteiger partial charge in [0.2, 0.25) is 5.91 Å². The minimum absolute atomic E-state index is 0.0532. The average Bonchev–Trinajstić information content (AvgIpc) is 3.08. The monoisotopic (exact) mass is 416 g/mol. The van der Waals surface area contributed by atoms with E-state index in [1.165, 1.54) is 6.07 Å². The Bertz CT molecular complexity index is 1120. The maximum absolute atomic E-state index is 13.6. The summed E-state index contributed by atoms with van der Waals surface area (Å²) in [6, 6.07) is 12.5. The molecule has 1 unspecified atom stereocenters. The predicted octanol–water partition coefficient (Wildman–Crippen LogP) is 4.63. The van der Waals surface area contributed by atoms with E-state index < -0.39 is 16.6 Å². The highest BCUT2D eigenvalue weighted by Crippen LogP contribution is 2.34. The molecule has 1 aliphatic rings. The van der Waals surface area contributed by atoms with Gasteiger partial charge in [0.25, 0.3) is 0 Å². The van der Waals surface area contributed by atoms with Gasteiger partial charge in [0, 0.05) is 17.6 Å². The van der Waals surface area contributed by atoms with Crippen LogP contribution in [0.25, 0.3) is 10.9 Å². The molecule has 0 N–H and O–H groups in total. The van der Waals surface area contributed by atoms with Crippen LogP contribution in [0.4, 0.5) is 10.1 Å². The van der Waals surface area contributed by atoms with E-state index in [1.54, 1.807) is 24.0 Å². The molecule has 1 atom stereocenters. The van der Waals surface area contributed by atoms with Gasteiger partial charge in [-0.3, -0.25) is 9.00 Å². The zero-order chi connectivity index (χ0) is 19.8. The summed E-state index contributed by atoms with van der Waals surface area (Å²) >= 11 is 5.81. The Balaban J connectivity index is 1.76. The quantitative estimate of drug-likeness (QED) is 0.582. The highest BCUT2D eigenvalue weighted by atomic mass is 35.5. The van der Waals surface area contributed by atoms with Crippen molar-refractivity contribution in [1.29, 1.82) is 0 Å². The number of aromatic nitrogens is 1. The van der Waals surface area contributed by atoms with E-state index in [9.17, 15) is 13.4 Å². The lowest BCUT2D eigenvalue weighted by molar-refractivity contribution is -0.118. The molecule has 0 radical (unpaired) electrons. The molecule has 0 bridgehead atoms. The number of carbonyl (C=O) groups excluding carboxylic acids is 1. The number of fused-ring (bicyclic) bond motifs is 2. The third-order valence-electron chi connectivity index (χ3n) is 4.89. The van der Waals surface area contributed by atoms with Crippen molar-refractivity contribution in [2.45, 2.75) is 31.2 Å². The minimum Gasteiger partial charge on any atom is -0.307 e. The second kappa shape index (κ2) is 7.60. The molecule has 0 spiro atoms. The minimum atomic E-state index is -1.10. The first kappa shape index (κ1) is 19.0. The molecule has 144 valence electrons. The molecule has 1 amide bonds. The Kier molecular flexibility index (Phi) is 5.17. The molecular formula is C21H18ClFN2O2S. The van der Waals surface area contributed by atoms with Gasteiger partial charge in [-0.05, 0) is 35.7 Å². The maximum atomic E-state index is 13.6. The number of carbonyl (C=O) groups is 1. The summed E-state index contributed by atoms with van der Waals surface area (Å²) in [4.78, 5) is 19.2. The summed E-state index contributed by atoms with van der Waals surface area (Å²) in [5, 5.41) is 0.461. The van der Waals surface area contributed by atoms with Crippen LogP contribution in [0.3, 0.4) is 0 Å². The molecule has 2 heterocycles. The van der Waals surface area contributed by atoms with E-state index >= 15 is 0 Å². The van der Waals surface area contributed by atoms with E-state index in [4.69, 9.17) is 11.6 Å². The van der Waals surface area contributed by atoms with E-state index in [2.05, 4.69) is 4.98 Å². The topological polar surface area (TPSA) is 50.3 Å². The van der Waals surface area contributed by atoms with E-state index in [-0.39, 0.29) is 11.1 Å². The Morgan fingerprint density at radius 2 is 2.11 bits per heavy atom. The van der Waals surface area contributed by atoms with E-state index in [0.717, 1.165) is 22.4 Å². The number of aryl methyl sites for hydroxylation is 1. The largest absolute Gasteiger partial charge is 0.307 e. The van der Waals surface area contributed by atoms with Crippen molar-refractivity contribution < 1.29 is 13.4 Å². The van der Waals surface area contributed by atoms with Gasteiger partial charge in [0.05, 0.1) is 33.4 Å². The number of hydrogen-bond acceptors (Lipinski definition) is 3. The van der Waals surface area contributed by atoms with Crippen LogP contribution in [-0.2, 0) is 28.6 Å². The number of halogens is 2. The van der Waals surface area contributed by atoms with Crippen LogP contribution in [0.2, 0.25) is 5.15 Å². The molecule has 0 saturated carbocycles. The molecular weight excluding hydrogens is 399 g/mol. The number of pyridine rings is 1. The van der Waals surface area contributed by atoms with Gasteiger partial charge in [-0.2, -0.15) is 0 Å². The van der Waals surface area contributed by atoms with Gasteiger partial charge >= 0.3 is 0 Å². The summed E-state index contributed by atoms with van der Waals surface area (Å²) in [6.45, 7) is 2.12. The molecule has 0 saturated heterocycles. The zero-order valence-corrected chi connectivity index (χ0v) is 16.8. The van der Waals surface area contributed by atoms with Crippen molar-refractivity contribution in [1.82, 2.24) is 4.98 Å². The standard InChI is InChI=1S/C21H18ClFN2O2S/c1-2-19(26)25(18-5-3-4-14-8-9-28(27)20(14)18)12-13-6-7-15-11-16(23)21(22)24-17(15)10-13/h3-7,10-11H,2,8-9,12H2,1H3. The van der Waals surface area contributed by atoms with Crippen LogP contribution in [0, 0.1) is 5.82 Å². The molecule has 4 rings (SSSR count). The molecule has 1 aliphatic heterocycles. The first-order valence-electron chi connectivity index (χ1n) is 9.03. The van der Waals surface area contributed by atoms with Gasteiger partial charge < -0.3 is 4.90 Å². The number of nitrogens with zero attached hydrogens (tertiary/aromatic N) is 2. The lowest BCUT2D eigenvalue weighted by Gasteiger charge is -2.25. The van der Waals surface area contributed by atoms with Crippen molar-refractivity contribution in [2.75, 3.05) is 10.7 Å². The number of anilines is 1. The van der Waals surface area contributed by atoms with E-state index in [0.29, 0.717) is 35.3 Å². The molecule has 28 heavy (non-hydrogen) atoms. The van der Waals surface area contributed by atoms with Gasteiger partial charge in [0.1, 0.15) is 0 Å². The first-order chi connectivity index (χ1) is 13.5. The Labute approximate surface area is 169 Å². The molecule has 7 heteroatoms. The SMILES string of the molecule is CCC(=O)N(Cc1ccc2cc(F)c(Cl)nc2c1)c1cccc2c1S(=O)CC2. The van der Waals surface area contributed by atoms with Gasteiger partial charge in [0.15, 0.2) is 11.0 Å². The average molecular weight is 417 g/mol. The highest BCUT2D eigenvalue weighted by molar-refractivity contribution is 7.85. The lowest BCUT2D eigenvalue weighted by atomic mass is 10.1. The molecule has 3 aromatic rings. The third kappa shape index (κ3) is 3.42. The number of amides is 1. The smallest absolute Gasteiger partial charge is 0.227 e. The van der Waals surface area contributed by atoms with E-state index in [1.807, 2.05) is 24.3 Å². The maximum Gasteiger partial charge on any atom is 0.227 e. The summed E-state index contributed by atoms with van der Waals surface area (Å²) in [6.07, 6.45) is 1.09. The van der Waals surface area contributed by atoms with Gasteiger partial charge in [-0.15, -0.1) is 0 Å². The van der Waals surface area contributed by atoms with Crippen molar-refractivity contribution in [3.8, 4) is 0 Å². The van der Waals surface area contributed by atoms with Crippen LogP contribution in [0.5, 0.6) is 0 Å². The molecule has 1 aromatic heterocycles. The zero-order valence-electron chi connectivity index (χ0n) is 15.2. The van der Waals surface area contributed by atoms with Gasteiger partial charge in [-0.1, -0.05) is 42.8 Å². The first-order valence-corrected chi connectivity index (χ1v) is 10.7. The second-order valence-electron chi connectivity index (χ2n) is 6.69. The second-order valence-corrected chi connectivity index (χ2v) is 8.55. The molecule has 2 aromatic carbocycles. The molecule has 0 aliphatic carbocycles. The van der Waals surface area contributed by atoms with Gasteiger partial charge in [-0.25, -0.2) is 9.37 Å². The normalized spacial score (nSPS) is 15.6. The molecule has 4 nitrogen and oxygen atoms in total. The van der Waals surface area contributed by atoms with Crippen LogP contribution < -0.4 is 4.90 Å². The highest BCUT2D eigenvalue weighted by Gasteiger charge is 2.26. The van der Waals surface area contributed by atoms with Crippen molar-refractivity contribution in [2.24, 2.45) is 0 Å². The fourth-order valence-corrected chi connectivity index (χ4v) is 5.12. The van der Waals surface area contributed by atoms with Crippen molar-refractivity contribution in [3.63, 3.8) is 0 Å². The summed E-state index contributed by atoms with van der Waals surface area (Å²) in [7, 11) is -1.10. The summed E-state index contributed by atoms with van der Waals surface area (Å²) in [5.74, 6) is -0.0284. The number of benzene rings is 2. The fraction of sp³-hybridized carbons (Fsp3) is 0.238. The summed E-state index contributed by atoms with van der Waals surface area (Å²) in [5.41, 5.74) is 3.14. The Morgan fingerprint density at radius 1 is 1.29 bits per heavy atom. The Morgan fingerprint density at radius 3 is 2.89 bits per heavy atom. The predicted molar refractivity (Wildman–Crippen MR) is 110 cm³/mol. The number of hydrogen-bond donors (Lipinski definition) is 0.